The van der Waals surface area contributed by atoms with Crippen molar-refractivity contribution < 1.29 is 19.5 Å². The lowest BCUT2D eigenvalue weighted by Crippen LogP contribution is -2.52. The van der Waals surface area contributed by atoms with Crippen molar-refractivity contribution in [2.24, 2.45) is 23.2 Å². The van der Waals surface area contributed by atoms with Gasteiger partial charge in [-0.05, 0) is 56.6 Å². The van der Waals surface area contributed by atoms with Crippen LogP contribution in [-0.4, -0.2) is 58.9 Å². The minimum atomic E-state index is -0.790. The van der Waals surface area contributed by atoms with E-state index >= 15 is 0 Å². The Morgan fingerprint density at radius 3 is 2.43 bits per heavy atom. The van der Waals surface area contributed by atoms with Crippen LogP contribution in [0.5, 0.6) is 0 Å². The summed E-state index contributed by atoms with van der Waals surface area (Å²) in [4.78, 5) is 41.4. The minimum Gasteiger partial charge on any atom is -0.481 e. The number of hydrogen-bond acceptors (Lipinski definition) is 3. The number of nitrogens with zero attached hydrogens (tertiary/aromatic N) is 2. The van der Waals surface area contributed by atoms with Gasteiger partial charge in [0.1, 0.15) is 0 Å². The van der Waals surface area contributed by atoms with Crippen molar-refractivity contribution >= 4 is 17.8 Å². The van der Waals surface area contributed by atoms with Crippen LogP contribution in [0.3, 0.4) is 0 Å². The molecule has 0 spiro atoms. The molecule has 0 aromatic heterocycles. The molecule has 3 fully saturated rings. The fourth-order valence-electron chi connectivity index (χ4n) is 4.99. The van der Waals surface area contributed by atoms with Crippen LogP contribution < -0.4 is 0 Å². The fraction of sp³-hybridized carbons (Fsp3) is 0.591. The first-order valence-corrected chi connectivity index (χ1v) is 10.3. The predicted molar refractivity (Wildman–Crippen MR) is 104 cm³/mol. The van der Waals surface area contributed by atoms with Crippen molar-refractivity contribution in [2.45, 2.75) is 32.6 Å². The maximum absolute atomic E-state index is 13.4. The van der Waals surface area contributed by atoms with Crippen LogP contribution in [0, 0.1) is 23.2 Å². The van der Waals surface area contributed by atoms with Crippen LogP contribution >= 0.6 is 0 Å². The number of piperidine rings is 1. The third-order valence-electron chi connectivity index (χ3n) is 6.72. The zero-order valence-electron chi connectivity index (χ0n) is 16.3. The highest BCUT2D eigenvalue weighted by molar-refractivity contribution is 5.95. The van der Waals surface area contributed by atoms with E-state index in [9.17, 15) is 19.5 Å². The first-order valence-electron chi connectivity index (χ1n) is 10.3. The summed E-state index contributed by atoms with van der Waals surface area (Å²) < 4.78 is 0. The number of carboxylic acids is 1. The van der Waals surface area contributed by atoms with E-state index in [2.05, 4.69) is 0 Å². The molecule has 1 aromatic carbocycles. The normalized spacial score (nSPS) is 30.3. The molecule has 150 valence electrons. The summed E-state index contributed by atoms with van der Waals surface area (Å²) in [6, 6.07) is 9.16. The molecule has 6 heteroatoms. The van der Waals surface area contributed by atoms with E-state index < -0.39 is 17.3 Å². The summed E-state index contributed by atoms with van der Waals surface area (Å²) in [5, 5.41) is 9.58. The monoisotopic (exact) mass is 384 g/mol. The smallest absolute Gasteiger partial charge is 0.308 e. The molecule has 0 bridgehead atoms. The highest BCUT2D eigenvalue weighted by atomic mass is 16.4. The fourth-order valence-corrected chi connectivity index (χ4v) is 4.99. The largest absolute Gasteiger partial charge is 0.481 e. The Bertz CT molecular complexity index is 776. The molecule has 28 heavy (non-hydrogen) atoms. The molecular formula is C22H28N2O4. The first-order chi connectivity index (χ1) is 13.4. The molecule has 0 radical (unpaired) electrons. The summed E-state index contributed by atoms with van der Waals surface area (Å²) in [5.74, 6) is -0.745. The van der Waals surface area contributed by atoms with Gasteiger partial charge in [0, 0.05) is 31.7 Å². The number of benzene rings is 1. The molecule has 1 saturated carbocycles. The number of amides is 2. The molecular weight excluding hydrogens is 356 g/mol. The molecule has 1 aromatic rings. The molecule has 1 N–H and O–H groups in total. The van der Waals surface area contributed by atoms with E-state index in [1.54, 1.807) is 21.9 Å². The number of carbonyl (C=O) groups excluding carboxylic acids is 2. The van der Waals surface area contributed by atoms with Crippen LogP contribution in [-0.2, 0) is 9.59 Å². The lowest BCUT2D eigenvalue weighted by atomic mass is 9.80. The summed E-state index contributed by atoms with van der Waals surface area (Å²) in [7, 11) is 0. The van der Waals surface area contributed by atoms with E-state index in [4.69, 9.17) is 0 Å². The van der Waals surface area contributed by atoms with Crippen LogP contribution in [0.25, 0.3) is 0 Å². The molecule has 1 aliphatic carbocycles. The van der Waals surface area contributed by atoms with Crippen LogP contribution in [0.15, 0.2) is 30.3 Å². The number of carbonyl (C=O) groups is 3. The molecule has 2 heterocycles. The Labute approximate surface area is 165 Å². The lowest BCUT2D eigenvalue weighted by Gasteiger charge is -2.41. The Hall–Kier alpha value is -2.37. The van der Waals surface area contributed by atoms with Crippen molar-refractivity contribution in [1.82, 2.24) is 9.80 Å². The average Bonchev–Trinajstić information content (AvgIpc) is 3.45. The van der Waals surface area contributed by atoms with E-state index in [0.717, 1.165) is 25.7 Å². The summed E-state index contributed by atoms with van der Waals surface area (Å²) in [5.41, 5.74) is -0.00964. The number of hydrogen-bond donors (Lipinski definition) is 1. The summed E-state index contributed by atoms with van der Waals surface area (Å²) >= 11 is 0. The van der Waals surface area contributed by atoms with Gasteiger partial charge in [0.25, 0.3) is 5.91 Å². The van der Waals surface area contributed by atoms with Crippen molar-refractivity contribution in [3.8, 4) is 0 Å². The Kier molecular flexibility index (Phi) is 4.89. The number of aliphatic carboxylic acids is 1. The molecule has 4 rings (SSSR count). The van der Waals surface area contributed by atoms with Crippen molar-refractivity contribution in [3.63, 3.8) is 0 Å². The topological polar surface area (TPSA) is 77.9 Å². The van der Waals surface area contributed by atoms with E-state index in [1.165, 1.54) is 0 Å². The summed E-state index contributed by atoms with van der Waals surface area (Å²) in [6.07, 6.45) is 3.66. The predicted octanol–water partition coefficient (Wildman–Crippen LogP) is 2.50. The van der Waals surface area contributed by atoms with Gasteiger partial charge in [0.2, 0.25) is 5.91 Å². The van der Waals surface area contributed by atoms with Gasteiger partial charge in [-0.3, -0.25) is 14.4 Å². The van der Waals surface area contributed by atoms with E-state index in [-0.39, 0.29) is 17.7 Å². The molecule has 6 nitrogen and oxygen atoms in total. The second-order valence-electron chi connectivity index (χ2n) is 8.91. The quantitative estimate of drug-likeness (QED) is 0.865. The van der Waals surface area contributed by atoms with Crippen molar-refractivity contribution in [3.05, 3.63) is 35.9 Å². The van der Waals surface area contributed by atoms with Crippen LogP contribution in [0.2, 0.25) is 0 Å². The summed E-state index contributed by atoms with van der Waals surface area (Å²) in [6.45, 7) is 3.82. The molecule has 2 saturated heterocycles. The molecule has 3 atom stereocenters. The van der Waals surface area contributed by atoms with Crippen molar-refractivity contribution in [1.29, 1.82) is 0 Å². The van der Waals surface area contributed by atoms with Gasteiger partial charge >= 0.3 is 5.97 Å². The third-order valence-corrected chi connectivity index (χ3v) is 6.72. The maximum atomic E-state index is 13.4. The lowest BCUT2D eigenvalue weighted by molar-refractivity contribution is -0.144. The van der Waals surface area contributed by atoms with Gasteiger partial charge in [-0.1, -0.05) is 18.2 Å². The minimum absolute atomic E-state index is 0.00691. The standard InChI is InChI=1S/C22H28N2O4/c1-22(10-5-11-23(14-22)19(25)16-6-3-2-4-7-16)21(28)24-12-17(15-8-9-15)18(13-24)20(26)27/h2-4,6-7,15,17-18H,5,8-14H2,1H3,(H,26,27)/t17-,18+,22?/m1/s1. The Morgan fingerprint density at radius 1 is 1.07 bits per heavy atom. The zero-order chi connectivity index (χ0) is 19.9. The number of carboxylic acid groups (broad SMARTS) is 1. The second kappa shape index (κ2) is 7.22. The second-order valence-corrected chi connectivity index (χ2v) is 8.91. The zero-order valence-corrected chi connectivity index (χ0v) is 16.3. The van der Waals surface area contributed by atoms with E-state index in [0.29, 0.717) is 37.7 Å². The first kappa shape index (κ1) is 19.0. The van der Waals surface area contributed by atoms with Gasteiger partial charge in [-0.25, -0.2) is 0 Å². The maximum Gasteiger partial charge on any atom is 0.308 e. The SMILES string of the molecule is CC1(C(=O)N2C[C@H](C(=O)O)[C@@H](C3CC3)C2)CCCN(C(=O)c2ccccc2)C1. The van der Waals surface area contributed by atoms with Gasteiger partial charge in [0.05, 0.1) is 11.3 Å². The Balaban J connectivity index is 1.47. The van der Waals surface area contributed by atoms with Gasteiger partial charge in [-0.15, -0.1) is 0 Å². The van der Waals surface area contributed by atoms with Gasteiger partial charge in [-0.2, -0.15) is 0 Å². The Morgan fingerprint density at radius 2 is 1.79 bits per heavy atom. The number of likely N-dealkylation sites (tertiary alicyclic amines) is 2. The molecule has 2 aliphatic heterocycles. The molecule has 2 amide bonds. The third kappa shape index (κ3) is 3.52. The highest BCUT2D eigenvalue weighted by Gasteiger charge is 2.50. The highest BCUT2D eigenvalue weighted by Crippen LogP contribution is 2.45. The van der Waals surface area contributed by atoms with Gasteiger partial charge in [0.15, 0.2) is 0 Å². The van der Waals surface area contributed by atoms with E-state index in [1.807, 2.05) is 25.1 Å². The molecule has 3 aliphatic rings. The van der Waals surface area contributed by atoms with Crippen LogP contribution in [0.4, 0.5) is 0 Å². The van der Waals surface area contributed by atoms with Crippen molar-refractivity contribution in [2.75, 3.05) is 26.2 Å². The molecule has 1 unspecified atom stereocenters. The number of rotatable bonds is 4. The van der Waals surface area contributed by atoms with Crippen LogP contribution in [0.1, 0.15) is 43.0 Å². The average molecular weight is 384 g/mol. The van der Waals surface area contributed by atoms with Gasteiger partial charge < -0.3 is 14.9 Å².